The Morgan fingerprint density at radius 3 is 2.45 bits per heavy atom. The third kappa shape index (κ3) is 3.19. The highest BCUT2D eigenvalue weighted by atomic mass is 19.1. The van der Waals surface area contributed by atoms with Gasteiger partial charge in [0.2, 0.25) is 0 Å². The number of carbonyl (C=O) groups is 1. The van der Waals surface area contributed by atoms with Crippen molar-refractivity contribution < 1.29 is 18.7 Å². The quantitative estimate of drug-likeness (QED) is 0.901. The highest BCUT2D eigenvalue weighted by molar-refractivity contribution is 5.94. The van der Waals surface area contributed by atoms with Crippen LogP contribution in [0.15, 0.2) is 42.5 Å². The van der Waals surface area contributed by atoms with Gasteiger partial charge in [0.05, 0.1) is 12.2 Å². The lowest BCUT2D eigenvalue weighted by molar-refractivity contribution is 0.0946. The monoisotopic (exact) mass is 277 g/mol. The van der Waals surface area contributed by atoms with Crippen LogP contribution in [0, 0.1) is 11.6 Å². The van der Waals surface area contributed by atoms with E-state index in [-0.39, 0.29) is 18.7 Å². The third-order valence-electron chi connectivity index (χ3n) is 2.90. The summed E-state index contributed by atoms with van der Waals surface area (Å²) < 4.78 is 26.2. The van der Waals surface area contributed by atoms with Gasteiger partial charge in [-0.2, -0.15) is 0 Å². The Hall–Kier alpha value is -2.27. The maximum atomic E-state index is 13.4. The van der Waals surface area contributed by atoms with Crippen LogP contribution < -0.4 is 5.32 Å². The third-order valence-corrected chi connectivity index (χ3v) is 2.90. The molecule has 0 saturated carbocycles. The van der Waals surface area contributed by atoms with Gasteiger partial charge in [0.25, 0.3) is 5.91 Å². The number of halogens is 2. The molecule has 0 fully saturated rings. The minimum atomic E-state index is -0.905. The fraction of sp³-hybridized carbons (Fsp3) is 0.133. The zero-order chi connectivity index (χ0) is 14.5. The lowest BCUT2D eigenvalue weighted by Crippen LogP contribution is -2.24. The summed E-state index contributed by atoms with van der Waals surface area (Å²) in [6.07, 6.45) is 0. The fourth-order valence-corrected chi connectivity index (χ4v) is 1.83. The predicted octanol–water partition coefficient (Wildman–Crippen LogP) is 2.39. The van der Waals surface area contributed by atoms with Crippen molar-refractivity contribution in [3.05, 3.63) is 70.8 Å². The Balaban J connectivity index is 2.09. The Labute approximate surface area is 114 Å². The number of nitrogens with one attached hydrogen (secondary N) is 1. The van der Waals surface area contributed by atoms with E-state index in [1.807, 2.05) is 0 Å². The fourth-order valence-electron chi connectivity index (χ4n) is 1.83. The molecule has 104 valence electrons. The van der Waals surface area contributed by atoms with Crippen molar-refractivity contribution >= 4 is 5.91 Å². The standard InChI is InChI=1S/C15H13F2NO2/c16-12-5-6-13(14(17)7-12)15(20)18-8-10-3-1-2-4-11(10)9-19/h1-7,19H,8-9H2,(H,18,20). The number of carbonyl (C=O) groups excluding carboxylic acids is 1. The number of aliphatic hydroxyl groups is 1. The Bertz CT molecular complexity index is 629. The minimum Gasteiger partial charge on any atom is -0.392 e. The molecule has 0 spiro atoms. The molecular formula is C15H13F2NO2. The van der Waals surface area contributed by atoms with Crippen LogP contribution in [0.2, 0.25) is 0 Å². The van der Waals surface area contributed by atoms with Crippen molar-refractivity contribution in [2.75, 3.05) is 0 Å². The van der Waals surface area contributed by atoms with E-state index >= 15 is 0 Å². The van der Waals surface area contributed by atoms with Crippen molar-refractivity contribution in [2.45, 2.75) is 13.2 Å². The summed E-state index contributed by atoms with van der Waals surface area (Å²) in [5, 5.41) is 11.7. The number of hydrogen-bond acceptors (Lipinski definition) is 2. The van der Waals surface area contributed by atoms with Crippen molar-refractivity contribution in [3.8, 4) is 0 Å². The maximum absolute atomic E-state index is 13.4. The molecular weight excluding hydrogens is 264 g/mol. The van der Waals surface area contributed by atoms with Crippen LogP contribution in [-0.2, 0) is 13.2 Å². The molecule has 0 atom stereocenters. The van der Waals surface area contributed by atoms with Gasteiger partial charge in [0, 0.05) is 12.6 Å². The second kappa shape index (κ2) is 6.25. The molecule has 0 aromatic heterocycles. The molecule has 3 nitrogen and oxygen atoms in total. The van der Waals surface area contributed by atoms with Crippen LogP contribution in [0.1, 0.15) is 21.5 Å². The number of amides is 1. The van der Waals surface area contributed by atoms with Gasteiger partial charge in [-0.3, -0.25) is 4.79 Å². The second-order valence-electron chi connectivity index (χ2n) is 4.23. The molecule has 20 heavy (non-hydrogen) atoms. The molecule has 2 rings (SSSR count). The van der Waals surface area contributed by atoms with Gasteiger partial charge in [-0.05, 0) is 23.3 Å². The topological polar surface area (TPSA) is 49.3 Å². The molecule has 0 radical (unpaired) electrons. The van der Waals surface area contributed by atoms with Gasteiger partial charge in [0.1, 0.15) is 11.6 Å². The van der Waals surface area contributed by atoms with Gasteiger partial charge in [-0.15, -0.1) is 0 Å². The van der Waals surface area contributed by atoms with E-state index in [0.29, 0.717) is 11.6 Å². The van der Waals surface area contributed by atoms with Crippen molar-refractivity contribution in [3.63, 3.8) is 0 Å². The average Bonchev–Trinajstić information content (AvgIpc) is 2.45. The zero-order valence-electron chi connectivity index (χ0n) is 10.6. The van der Waals surface area contributed by atoms with Gasteiger partial charge in [-0.25, -0.2) is 8.78 Å². The predicted molar refractivity (Wildman–Crippen MR) is 69.9 cm³/mol. The summed E-state index contributed by atoms with van der Waals surface area (Å²) in [5.74, 6) is -2.27. The van der Waals surface area contributed by atoms with Gasteiger partial charge in [-0.1, -0.05) is 24.3 Å². The minimum absolute atomic E-state index is 0.142. The molecule has 0 aliphatic heterocycles. The molecule has 1 amide bonds. The smallest absolute Gasteiger partial charge is 0.254 e. The molecule has 0 bridgehead atoms. The van der Waals surface area contributed by atoms with Crippen LogP contribution in [0.3, 0.4) is 0 Å². The van der Waals surface area contributed by atoms with E-state index in [9.17, 15) is 13.6 Å². The number of aliphatic hydroxyl groups excluding tert-OH is 1. The van der Waals surface area contributed by atoms with Crippen LogP contribution in [0.4, 0.5) is 8.78 Å². The lowest BCUT2D eigenvalue weighted by atomic mass is 10.1. The van der Waals surface area contributed by atoms with Crippen LogP contribution in [0.25, 0.3) is 0 Å². The Morgan fingerprint density at radius 2 is 1.80 bits per heavy atom. The first kappa shape index (κ1) is 14.1. The summed E-state index contributed by atoms with van der Waals surface area (Å²) in [5.41, 5.74) is 1.21. The molecule has 2 aromatic carbocycles. The van der Waals surface area contributed by atoms with E-state index in [1.165, 1.54) is 0 Å². The zero-order valence-corrected chi connectivity index (χ0v) is 10.6. The van der Waals surface area contributed by atoms with Crippen molar-refractivity contribution in [1.29, 1.82) is 0 Å². The molecule has 0 unspecified atom stereocenters. The summed E-state index contributed by atoms with van der Waals surface area (Å²) in [6.45, 7) is 0.0172. The van der Waals surface area contributed by atoms with Gasteiger partial charge >= 0.3 is 0 Å². The van der Waals surface area contributed by atoms with Gasteiger partial charge in [0.15, 0.2) is 0 Å². The molecule has 2 aromatic rings. The second-order valence-corrected chi connectivity index (χ2v) is 4.23. The van der Waals surface area contributed by atoms with Crippen LogP contribution in [-0.4, -0.2) is 11.0 Å². The lowest BCUT2D eigenvalue weighted by Gasteiger charge is -2.09. The highest BCUT2D eigenvalue weighted by Gasteiger charge is 2.12. The summed E-state index contributed by atoms with van der Waals surface area (Å²) >= 11 is 0. The van der Waals surface area contributed by atoms with Gasteiger partial charge < -0.3 is 10.4 Å². The Morgan fingerprint density at radius 1 is 1.10 bits per heavy atom. The Kier molecular flexibility index (Phi) is 4.42. The largest absolute Gasteiger partial charge is 0.392 e. The molecule has 0 aliphatic carbocycles. The molecule has 0 saturated heterocycles. The van der Waals surface area contributed by atoms with E-state index in [2.05, 4.69) is 5.32 Å². The van der Waals surface area contributed by atoms with E-state index in [1.54, 1.807) is 24.3 Å². The highest BCUT2D eigenvalue weighted by Crippen LogP contribution is 2.11. The average molecular weight is 277 g/mol. The number of hydrogen-bond donors (Lipinski definition) is 2. The number of rotatable bonds is 4. The molecule has 2 N–H and O–H groups in total. The summed E-state index contributed by atoms with van der Waals surface area (Å²) in [4.78, 5) is 11.8. The first-order valence-corrected chi connectivity index (χ1v) is 6.02. The first-order chi connectivity index (χ1) is 9.61. The van der Waals surface area contributed by atoms with Crippen LogP contribution >= 0.6 is 0 Å². The molecule has 0 heterocycles. The van der Waals surface area contributed by atoms with Crippen molar-refractivity contribution in [1.82, 2.24) is 5.32 Å². The molecule has 0 aliphatic rings. The van der Waals surface area contributed by atoms with E-state index in [0.717, 1.165) is 17.7 Å². The SMILES string of the molecule is O=C(NCc1ccccc1CO)c1ccc(F)cc1F. The van der Waals surface area contributed by atoms with Crippen molar-refractivity contribution in [2.24, 2.45) is 0 Å². The maximum Gasteiger partial charge on any atom is 0.254 e. The molecule has 5 heteroatoms. The number of benzene rings is 2. The van der Waals surface area contributed by atoms with Crippen LogP contribution in [0.5, 0.6) is 0 Å². The first-order valence-electron chi connectivity index (χ1n) is 6.02. The van der Waals surface area contributed by atoms with E-state index < -0.39 is 17.5 Å². The summed E-state index contributed by atoms with van der Waals surface area (Å²) in [7, 11) is 0. The van der Waals surface area contributed by atoms with E-state index in [4.69, 9.17) is 5.11 Å². The normalized spacial score (nSPS) is 10.3. The summed E-state index contributed by atoms with van der Waals surface area (Å²) in [6, 6.07) is 9.83.